The van der Waals surface area contributed by atoms with E-state index in [-0.39, 0.29) is 18.3 Å². The lowest BCUT2D eigenvalue weighted by atomic mass is 10.2. The van der Waals surface area contributed by atoms with E-state index >= 15 is 0 Å². The van der Waals surface area contributed by atoms with Crippen molar-refractivity contribution in [2.75, 3.05) is 26.0 Å². The molecule has 7 heteroatoms. The van der Waals surface area contributed by atoms with Gasteiger partial charge in [0.15, 0.2) is 6.61 Å². The van der Waals surface area contributed by atoms with Crippen LogP contribution in [0.25, 0.3) is 0 Å². The SMILES string of the molecule is COc1cccc(OCC(=O)NCCSCc2c(F)cccc2Cl)c1. The van der Waals surface area contributed by atoms with E-state index in [2.05, 4.69) is 5.32 Å². The van der Waals surface area contributed by atoms with Crippen LogP contribution in [0.2, 0.25) is 5.02 Å². The van der Waals surface area contributed by atoms with Crippen LogP contribution in [-0.4, -0.2) is 31.9 Å². The molecule has 0 unspecified atom stereocenters. The zero-order valence-electron chi connectivity index (χ0n) is 13.8. The Labute approximate surface area is 155 Å². The van der Waals surface area contributed by atoms with Gasteiger partial charge < -0.3 is 14.8 Å². The van der Waals surface area contributed by atoms with Gasteiger partial charge in [0.05, 0.1) is 7.11 Å². The summed E-state index contributed by atoms with van der Waals surface area (Å²) >= 11 is 7.46. The van der Waals surface area contributed by atoms with Gasteiger partial charge in [-0.15, -0.1) is 0 Å². The second-order valence-corrected chi connectivity index (χ2v) is 6.58. The molecule has 0 aliphatic rings. The number of thioether (sulfide) groups is 1. The van der Waals surface area contributed by atoms with Crippen LogP contribution in [0.4, 0.5) is 4.39 Å². The first kappa shape index (κ1) is 19.4. The zero-order valence-corrected chi connectivity index (χ0v) is 15.3. The molecule has 0 aliphatic heterocycles. The predicted molar refractivity (Wildman–Crippen MR) is 99.1 cm³/mol. The van der Waals surface area contributed by atoms with E-state index in [1.807, 2.05) is 0 Å². The monoisotopic (exact) mass is 383 g/mol. The molecule has 1 amide bonds. The molecule has 0 bridgehead atoms. The highest BCUT2D eigenvalue weighted by Gasteiger charge is 2.07. The van der Waals surface area contributed by atoms with E-state index in [4.69, 9.17) is 21.1 Å². The Balaban J connectivity index is 1.64. The number of ether oxygens (including phenoxy) is 2. The molecule has 0 fully saturated rings. The van der Waals surface area contributed by atoms with Crippen LogP contribution in [0.5, 0.6) is 11.5 Å². The van der Waals surface area contributed by atoms with Crippen molar-refractivity contribution in [1.82, 2.24) is 5.32 Å². The van der Waals surface area contributed by atoms with Crippen molar-refractivity contribution in [2.45, 2.75) is 5.75 Å². The van der Waals surface area contributed by atoms with Crippen LogP contribution in [0.15, 0.2) is 42.5 Å². The average Bonchev–Trinajstić information content (AvgIpc) is 2.62. The van der Waals surface area contributed by atoms with E-state index in [9.17, 15) is 9.18 Å². The summed E-state index contributed by atoms with van der Waals surface area (Å²) in [6, 6.07) is 11.7. The van der Waals surface area contributed by atoms with E-state index in [1.165, 1.54) is 17.8 Å². The molecule has 2 rings (SSSR count). The number of amides is 1. The van der Waals surface area contributed by atoms with E-state index in [0.29, 0.717) is 40.1 Å². The Morgan fingerprint density at radius 3 is 2.76 bits per heavy atom. The van der Waals surface area contributed by atoms with Crippen LogP contribution in [0.3, 0.4) is 0 Å². The quantitative estimate of drug-likeness (QED) is 0.667. The van der Waals surface area contributed by atoms with Gasteiger partial charge in [0.1, 0.15) is 17.3 Å². The first-order chi connectivity index (χ1) is 12.1. The molecule has 0 aromatic heterocycles. The number of carbonyl (C=O) groups is 1. The number of hydrogen-bond acceptors (Lipinski definition) is 4. The van der Waals surface area contributed by atoms with Crippen molar-refractivity contribution >= 4 is 29.3 Å². The average molecular weight is 384 g/mol. The van der Waals surface area contributed by atoms with Crippen LogP contribution in [0.1, 0.15) is 5.56 Å². The number of benzene rings is 2. The van der Waals surface area contributed by atoms with Crippen molar-refractivity contribution in [3.63, 3.8) is 0 Å². The normalized spacial score (nSPS) is 10.4. The Hall–Kier alpha value is -1.92. The fourth-order valence-electron chi connectivity index (χ4n) is 2.00. The number of halogens is 2. The largest absolute Gasteiger partial charge is 0.497 e. The molecule has 134 valence electrons. The van der Waals surface area contributed by atoms with Gasteiger partial charge in [-0.25, -0.2) is 4.39 Å². The second kappa shape index (κ2) is 10.2. The number of hydrogen-bond donors (Lipinski definition) is 1. The van der Waals surface area contributed by atoms with Gasteiger partial charge in [0, 0.05) is 34.7 Å². The van der Waals surface area contributed by atoms with Gasteiger partial charge in [-0.05, 0) is 24.3 Å². The van der Waals surface area contributed by atoms with Gasteiger partial charge in [0.25, 0.3) is 5.91 Å². The molecule has 2 aromatic rings. The molecule has 1 N–H and O–H groups in total. The van der Waals surface area contributed by atoms with Gasteiger partial charge in [-0.3, -0.25) is 4.79 Å². The standard InChI is InChI=1S/C18H19ClFNO3S/c1-23-13-4-2-5-14(10-13)24-11-18(22)21-8-9-25-12-15-16(19)6-3-7-17(15)20/h2-7,10H,8-9,11-12H2,1H3,(H,21,22). The summed E-state index contributed by atoms with van der Waals surface area (Å²) in [5.41, 5.74) is 0.488. The van der Waals surface area contributed by atoms with Crippen molar-refractivity contribution in [3.8, 4) is 11.5 Å². The molecule has 0 saturated heterocycles. The van der Waals surface area contributed by atoms with E-state index in [1.54, 1.807) is 43.5 Å². The highest BCUT2D eigenvalue weighted by molar-refractivity contribution is 7.98. The maximum Gasteiger partial charge on any atom is 0.257 e. The predicted octanol–water partition coefficient (Wildman–Crippen LogP) is 3.92. The molecule has 0 spiro atoms. The Bertz CT molecular complexity index is 694. The maximum atomic E-state index is 13.6. The van der Waals surface area contributed by atoms with Crippen molar-refractivity contribution in [3.05, 3.63) is 58.9 Å². The highest BCUT2D eigenvalue weighted by atomic mass is 35.5. The molecule has 0 atom stereocenters. The summed E-state index contributed by atoms with van der Waals surface area (Å²) in [5.74, 6) is 1.82. The summed E-state index contributed by atoms with van der Waals surface area (Å²) in [4.78, 5) is 11.8. The molecule has 25 heavy (non-hydrogen) atoms. The first-order valence-electron chi connectivity index (χ1n) is 7.64. The van der Waals surface area contributed by atoms with E-state index in [0.717, 1.165) is 0 Å². The Morgan fingerprint density at radius 2 is 2.00 bits per heavy atom. The number of methoxy groups -OCH3 is 1. The van der Waals surface area contributed by atoms with Gasteiger partial charge in [-0.1, -0.05) is 23.7 Å². The van der Waals surface area contributed by atoms with E-state index < -0.39 is 0 Å². The molecule has 2 aromatic carbocycles. The molecule has 4 nitrogen and oxygen atoms in total. The summed E-state index contributed by atoms with van der Waals surface area (Å²) in [6.45, 7) is 0.397. The maximum absolute atomic E-state index is 13.6. The topological polar surface area (TPSA) is 47.6 Å². The first-order valence-corrected chi connectivity index (χ1v) is 9.17. The summed E-state index contributed by atoms with van der Waals surface area (Å²) < 4.78 is 24.1. The lowest BCUT2D eigenvalue weighted by molar-refractivity contribution is -0.122. The zero-order chi connectivity index (χ0) is 18.1. The van der Waals surface area contributed by atoms with Crippen molar-refractivity contribution in [1.29, 1.82) is 0 Å². The number of carbonyl (C=O) groups excluding carboxylic acids is 1. The van der Waals surface area contributed by atoms with Crippen LogP contribution in [0, 0.1) is 5.82 Å². The molecule has 0 saturated carbocycles. The lowest BCUT2D eigenvalue weighted by Gasteiger charge is -2.09. The molecule has 0 heterocycles. The van der Waals surface area contributed by atoms with Crippen LogP contribution < -0.4 is 14.8 Å². The third-order valence-corrected chi connectivity index (χ3v) is 4.63. The summed E-state index contributed by atoms with van der Waals surface area (Å²) in [6.07, 6.45) is 0. The third kappa shape index (κ3) is 6.48. The Kier molecular flexibility index (Phi) is 7.88. The summed E-state index contributed by atoms with van der Waals surface area (Å²) in [5, 5.41) is 3.17. The van der Waals surface area contributed by atoms with Gasteiger partial charge in [-0.2, -0.15) is 11.8 Å². The fraction of sp³-hybridized carbons (Fsp3) is 0.278. The lowest BCUT2D eigenvalue weighted by Crippen LogP contribution is -2.30. The highest BCUT2D eigenvalue weighted by Crippen LogP contribution is 2.23. The minimum absolute atomic E-state index is 0.0724. The number of rotatable bonds is 9. The van der Waals surface area contributed by atoms with Crippen molar-refractivity contribution < 1.29 is 18.7 Å². The number of nitrogens with one attached hydrogen (secondary N) is 1. The second-order valence-electron chi connectivity index (χ2n) is 5.07. The van der Waals surface area contributed by atoms with Gasteiger partial charge >= 0.3 is 0 Å². The molecular weight excluding hydrogens is 365 g/mol. The molecule has 0 aliphatic carbocycles. The third-order valence-electron chi connectivity index (χ3n) is 3.29. The minimum atomic E-state index is -0.310. The van der Waals surface area contributed by atoms with Crippen LogP contribution >= 0.6 is 23.4 Å². The molecule has 0 radical (unpaired) electrons. The van der Waals surface area contributed by atoms with Crippen LogP contribution in [-0.2, 0) is 10.5 Å². The van der Waals surface area contributed by atoms with Crippen molar-refractivity contribution in [2.24, 2.45) is 0 Å². The fourth-order valence-corrected chi connectivity index (χ4v) is 3.20. The van der Waals surface area contributed by atoms with Gasteiger partial charge in [0.2, 0.25) is 0 Å². The Morgan fingerprint density at radius 1 is 1.24 bits per heavy atom. The summed E-state index contributed by atoms with van der Waals surface area (Å²) in [7, 11) is 1.57. The smallest absolute Gasteiger partial charge is 0.257 e. The molecular formula is C18H19ClFNO3S. The minimum Gasteiger partial charge on any atom is -0.497 e.